The normalized spacial score (nSPS) is 31.3. The molecule has 2 aliphatic rings. The Kier molecular flexibility index (Phi) is 5.50. The minimum atomic E-state index is 0.743. The van der Waals surface area contributed by atoms with E-state index in [0.717, 1.165) is 30.3 Å². The van der Waals surface area contributed by atoms with Gasteiger partial charge in [-0.05, 0) is 43.7 Å². The first-order chi connectivity index (χ1) is 8.72. The Balaban J connectivity index is 1.90. The van der Waals surface area contributed by atoms with E-state index in [1.165, 1.54) is 51.7 Å². The van der Waals surface area contributed by atoms with Crippen molar-refractivity contribution in [3.63, 3.8) is 0 Å². The molecule has 2 nitrogen and oxygen atoms in total. The molecule has 3 atom stereocenters. The summed E-state index contributed by atoms with van der Waals surface area (Å²) in [6.07, 6.45) is 7.44. The third-order valence-corrected chi connectivity index (χ3v) is 5.16. The van der Waals surface area contributed by atoms with Crippen molar-refractivity contribution in [2.75, 3.05) is 26.2 Å². The van der Waals surface area contributed by atoms with Gasteiger partial charge in [0.2, 0.25) is 0 Å². The molecule has 2 heteroatoms. The smallest absolute Gasteiger partial charge is 0.0243 e. The molecule has 1 heterocycles. The zero-order valence-electron chi connectivity index (χ0n) is 12.6. The van der Waals surface area contributed by atoms with Crippen LogP contribution in [0.2, 0.25) is 0 Å². The van der Waals surface area contributed by atoms with Gasteiger partial charge in [0.15, 0.2) is 0 Å². The van der Waals surface area contributed by atoms with Crippen molar-refractivity contribution in [2.24, 2.45) is 17.8 Å². The van der Waals surface area contributed by atoms with Gasteiger partial charge in [0.05, 0.1) is 0 Å². The topological polar surface area (TPSA) is 15.3 Å². The maximum Gasteiger partial charge on any atom is 0.0243 e. The number of piperidine rings is 1. The Hall–Kier alpha value is -0.0800. The van der Waals surface area contributed by atoms with Crippen molar-refractivity contribution >= 4 is 0 Å². The van der Waals surface area contributed by atoms with E-state index in [0.29, 0.717) is 0 Å². The van der Waals surface area contributed by atoms with Gasteiger partial charge in [-0.15, -0.1) is 0 Å². The second-order valence-corrected chi connectivity index (χ2v) is 6.71. The molecule has 0 amide bonds. The summed E-state index contributed by atoms with van der Waals surface area (Å²) in [5.41, 5.74) is 0. The molecule has 1 N–H and O–H groups in total. The Morgan fingerprint density at radius 3 is 2.50 bits per heavy atom. The first kappa shape index (κ1) is 14.3. The molecule has 2 fully saturated rings. The third-order valence-electron chi connectivity index (χ3n) is 5.16. The number of hydrogen-bond acceptors (Lipinski definition) is 2. The third kappa shape index (κ3) is 3.48. The lowest BCUT2D eigenvalue weighted by Crippen LogP contribution is -2.52. The predicted molar refractivity (Wildman–Crippen MR) is 78.8 cm³/mol. The van der Waals surface area contributed by atoms with Gasteiger partial charge in [0, 0.05) is 19.1 Å². The van der Waals surface area contributed by atoms with E-state index in [1.54, 1.807) is 0 Å². The van der Waals surface area contributed by atoms with E-state index < -0.39 is 0 Å². The van der Waals surface area contributed by atoms with Crippen LogP contribution in [0.25, 0.3) is 0 Å². The largest absolute Gasteiger partial charge is 0.315 e. The first-order valence-corrected chi connectivity index (χ1v) is 8.17. The van der Waals surface area contributed by atoms with E-state index in [-0.39, 0.29) is 0 Å². The quantitative estimate of drug-likeness (QED) is 0.809. The summed E-state index contributed by atoms with van der Waals surface area (Å²) in [5.74, 6) is 2.83. The van der Waals surface area contributed by atoms with Gasteiger partial charge in [-0.3, -0.25) is 4.90 Å². The molecule has 0 radical (unpaired) electrons. The lowest BCUT2D eigenvalue weighted by molar-refractivity contribution is 0.0416. The molecule has 3 unspecified atom stereocenters. The average molecular weight is 252 g/mol. The van der Waals surface area contributed by atoms with Crippen LogP contribution in [0.4, 0.5) is 0 Å². The molecule has 0 aromatic heterocycles. The van der Waals surface area contributed by atoms with E-state index in [9.17, 15) is 0 Å². The summed E-state index contributed by atoms with van der Waals surface area (Å²) in [5, 5.41) is 3.56. The average Bonchev–Trinajstić information content (AvgIpc) is 2.38. The first-order valence-electron chi connectivity index (χ1n) is 8.17. The summed E-state index contributed by atoms with van der Waals surface area (Å²) in [6, 6.07) is 0.743. The van der Waals surface area contributed by atoms with Crippen LogP contribution in [0.5, 0.6) is 0 Å². The Bertz CT molecular complexity index is 239. The van der Waals surface area contributed by atoms with Gasteiger partial charge >= 0.3 is 0 Å². The molecule has 2 rings (SSSR count). The molecule has 1 saturated heterocycles. The van der Waals surface area contributed by atoms with Crippen LogP contribution in [-0.2, 0) is 0 Å². The fraction of sp³-hybridized carbons (Fsp3) is 1.00. The number of rotatable bonds is 5. The number of hydrogen-bond donors (Lipinski definition) is 1. The van der Waals surface area contributed by atoms with Gasteiger partial charge in [0.25, 0.3) is 0 Å². The highest BCUT2D eigenvalue weighted by Gasteiger charge is 2.34. The number of nitrogens with one attached hydrogen (secondary N) is 1. The van der Waals surface area contributed by atoms with Crippen LogP contribution in [0.15, 0.2) is 0 Å². The van der Waals surface area contributed by atoms with Crippen molar-refractivity contribution < 1.29 is 0 Å². The molecule has 106 valence electrons. The number of likely N-dealkylation sites (tertiary alicyclic amines) is 1. The Labute approximate surface area is 114 Å². The highest BCUT2D eigenvalue weighted by atomic mass is 15.2. The SMILES string of the molecule is CCNCC(C(C)C)N1CCC2CCCCC2C1. The zero-order chi connectivity index (χ0) is 13.0. The summed E-state index contributed by atoms with van der Waals surface area (Å²) in [4.78, 5) is 2.79. The minimum Gasteiger partial charge on any atom is -0.315 e. The van der Waals surface area contributed by atoms with Gasteiger partial charge in [-0.1, -0.05) is 40.0 Å². The summed E-state index contributed by atoms with van der Waals surface area (Å²) in [7, 11) is 0. The summed E-state index contributed by atoms with van der Waals surface area (Å²) < 4.78 is 0. The van der Waals surface area contributed by atoms with Gasteiger partial charge in [-0.25, -0.2) is 0 Å². The lowest BCUT2D eigenvalue weighted by atomic mass is 9.74. The van der Waals surface area contributed by atoms with E-state index >= 15 is 0 Å². The van der Waals surface area contributed by atoms with Crippen molar-refractivity contribution in [3.8, 4) is 0 Å². The molecule has 1 aliphatic carbocycles. The van der Waals surface area contributed by atoms with Crippen LogP contribution < -0.4 is 5.32 Å². The highest BCUT2D eigenvalue weighted by Crippen LogP contribution is 2.37. The maximum atomic E-state index is 3.56. The monoisotopic (exact) mass is 252 g/mol. The van der Waals surface area contributed by atoms with Crippen molar-refractivity contribution in [1.29, 1.82) is 0 Å². The summed E-state index contributed by atoms with van der Waals surface area (Å²) in [6.45, 7) is 12.0. The van der Waals surface area contributed by atoms with Crippen LogP contribution in [0.3, 0.4) is 0 Å². The molecule has 0 spiro atoms. The number of fused-ring (bicyclic) bond motifs is 1. The Morgan fingerprint density at radius 2 is 1.83 bits per heavy atom. The van der Waals surface area contributed by atoms with Gasteiger partial charge < -0.3 is 5.32 Å². The second kappa shape index (κ2) is 6.91. The molecule has 0 aromatic rings. The lowest BCUT2D eigenvalue weighted by Gasteiger charge is -2.45. The van der Waals surface area contributed by atoms with Crippen LogP contribution in [0.1, 0.15) is 52.9 Å². The highest BCUT2D eigenvalue weighted by molar-refractivity contribution is 4.88. The second-order valence-electron chi connectivity index (χ2n) is 6.71. The standard InChI is InChI=1S/C16H32N2/c1-4-17-11-16(13(2)3)18-10-9-14-7-5-6-8-15(14)12-18/h13-17H,4-12H2,1-3H3. The fourth-order valence-corrected chi connectivity index (χ4v) is 4.01. The molecule has 0 aromatic carbocycles. The molecular weight excluding hydrogens is 220 g/mol. The van der Waals surface area contributed by atoms with E-state index in [1.807, 2.05) is 0 Å². The minimum absolute atomic E-state index is 0.743. The molecule has 1 saturated carbocycles. The van der Waals surface area contributed by atoms with Crippen LogP contribution in [0, 0.1) is 17.8 Å². The maximum absolute atomic E-state index is 3.56. The number of likely N-dealkylation sites (N-methyl/N-ethyl adjacent to an activating group) is 1. The van der Waals surface area contributed by atoms with E-state index in [4.69, 9.17) is 0 Å². The van der Waals surface area contributed by atoms with Crippen LogP contribution >= 0.6 is 0 Å². The number of nitrogens with zero attached hydrogens (tertiary/aromatic N) is 1. The van der Waals surface area contributed by atoms with E-state index in [2.05, 4.69) is 31.0 Å². The summed E-state index contributed by atoms with van der Waals surface area (Å²) >= 11 is 0. The van der Waals surface area contributed by atoms with Crippen LogP contribution in [-0.4, -0.2) is 37.1 Å². The molecule has 0 bridgehead atoms. The molecule has 18 heavy (non-hydrogen) atoms. The zero-order valence-corrected chi connectivity index (χ0v) is 12.6. The molecule has 1 aliphatic heterocycles. The van der Waals surface area contributed by atoms with Crippen molar-refractivity contribution in [3.05, 3.63) is 0 Å². The van der Waals surface area contributed by atoms with Crippen molar-refractivity contribution in [1.82, 2.24) is 10.2 Å². The molecular formula is C16H32N2. The Morgan fingerprint density at radius 1 is 1.11 bits per heavy atom. The van der Waals surface area contributed by atoms with Gasteiger partial charge in [0.1, 0.15) is 0 Å². The van der Waals surface area contributed by atoms with Crippen molar-refractivity contribution in [2.45, 2.75) is 58.9 Å². The predicted octanol–water partition coefficient (Wildman–Crippen LogP) is 3.13. The van der Waals surface area contributed by atoms with Gasteiger partial charge in [-0.2, -0.15) is 0 Å². The fourth-order valence-electron chi connectivity index (χ4n) is 4.01.